The Morgan fingerprint density at radius 1 is 1.06 bits per heavy atom. The van der Waals surface area contributed by atoms with Crippen LogP contribution >= 0.6 is 23.2 Å². The van der Waals surface area contributed by atoms with Crippen LogP contribution in [0.2, 0.25) is 5.02 Å². The molecule has 0 saturated heterocycles. The lowest BCUT2D eigenvalue weighted by Gasteiger charge is -2.32. The minimum absolute atomic E-state index is 0.131. The normalized spacial score (nSPS) is 14.5. The van der Waals surface area contributed by atoms with E-state index in [1.54, 1.807) is 43.4 Å². The van der Waals surface area contributed by atoms with Crippen LogP contribution in [0.4, 0.5) is 0 Å². The van der Waals surface area contributed by atoms with Crippen molar-refractivity contribution in [3.8, 4) is 11.5 Å². The van der Waals surface area contributed by atoms with Crippen molar-refractivity contribution in [3.63, 3.8) is 0 Å². The molecule has 0 bridgehead atoms. The van der Waals surface area contributed by atoms with Gasteiger partial charge in [0.25, 0.3) is 0 Å². The number of hydrogen-bond donors (Lipinski definition) is 1. The second kappa shape index (κ2) is 12.1. The Morgan fingerprint density at radius 3 is 2.33 bits per heavy atom. The molecule has 1 unspecified atom stereocenters. The predicted molar refractivity (Wildman–Crippen MR) is 130 cm³/mol. The summed E-state index contributed by atoms with van der Waals surface area (Å²) in [5, 5.41) is 3.70. The Morgan fingerprint density at radius 2 is 1.73 bits per heavy atom. The van der Waals surface area contributed by atoms with Gasteiger partial charge in [0.15, 0.2) is 11.5 Å². The summed E-state index contributed by atoms with van der Waals surface area (Å²) >= 11 is 12.0. The highest BCUT2D eigenvalue weighted by molar-refractivity contribution is 6.30. The standard InChI is InChI=1S/C25H30Cl2N2O4/c1-32-21-12-7-17(15-22(21)33-2)13-14-29(23(30)16-26)24(18-8-10-19(27)11-9-18)25(31)28-20-5-3-4-6-20/h7-12,15,20,24H,3-6,13-14,16H2,1-2H3,(H,28,31). The monoisotopic (exact) mass is 492 g/mol. The van der Waals surface area contributed by atoms with Crippen molar-refractivity contribution in [2.75, 3.05) is 26.6 Å². The van der Waals surface area contributed by atoms with Gasteiger partial charge in [-0.05, 0) is 54.7 Å². The quantitative estimate of drug-likeness (QED) is 0.485. The molecule has 8 heteroatoms. The molecule has 6 nitrogen and oxygen atoms in total. The highest BCUT2D eigenvalue weighted by atomic mass is 35.5. The molecule has 0 radical (unpaired) electrons. The molecule has 1 aliphatic carbocycles. The number of rotatable bonds is 10. The van der Waals surface area contributed by atoms with E-state index in [1.165, 1.54) is 0 Å². The molecule has 33 heavy (non-hydrogen) atoms. The summed E-state index contributed by atoms with van der Waals surface area (Å²) in [7, 11) is 3.16. The summed E-state index contributed by atoms with van der Waals surface area (Å²) in [6, 6.07) is 12.0. The molecule has 1 N–H and O–H groups in total. The van der Waals surface area contributed by atoms with E-state index in [1.807, 2.05) is 18.2 Å². The fourth-order valence-corrected chi connectivity index (χ4v) is 4.51. The van der Waals surface area contributed by atoms with E-state index in [-0.39, 0.29) is 23.7 Å². The highest BCUT2D eigenvalue weighted by Gasteiger charge is 2.32. The molecule has 3 rings (SSSR count). The first-order valence-electron chi connectivity index (χ1n) is 11.1. The van der Waals surface area contributed by atoms with E-state index in [0.29, 0.717) is 35.1 Å². The number of nitrogens with zero attached hydrogens (tertiary/aromatic N) is 1. The summed E-state index contributed by atoms with van der Waals surface area (Å²) in [6.07, 6.45) is 4.62. The Labute approximate surface area is 205 Å². The second-order valence-corrected chi connectivity index (χ2v) is 8.81. The van der Waals surface area contributed by atoms with Crippen LogP contribution in [0.5, 0.6) is 11.5 Å². The zero-order valence-electron chi connectivity index (χ0n) is 19.0. The number of hydrogen-bond acceptors (Lipinski definition) is 4. The minimum Gasteiger partial charge on any atom is -0.493 e. The van der Waals surface area contributed by atoms with Gasteiger partial charge in [-0.2, -0.15) is 0 Å². The molecule has 0 spiro atoms. The van der Waals surface area contributed by atoms with Crippen LogP contribution in [0, 0.1) is 0 Å². The lowest BCUT2D eigenvalue weighted by atomic mass is 10.0. The summed E-state index contributed by atoms with van der Waals surface area (Å²) < 4.78 is 10.7. The van der Waals surface area contributed by atoms with Crippen LogP contribution in [-0.4, -0.2) is 49.4 Å². The highest BCUT2D eigenvalue weighted by Crippen LogP contribution is 2.29. The molecule has 2 amide bonds. The topological polar surface area (TPSA) is 67.9 Å². The van der Waals surface area contributed by atoms with Crippen molar-refractivity contribution in [3.05, 3.63) is 58.6 Å². The van der Waals surface area contributed by atoms with Crippen LogP contribution in [0.25, 0.3) is 0 Å². The van der Waals surface area contributed by atoms with Crippen LogP contribution < -0.4 is 14.8 Å². The lowest BCUT2D eigenvalue weighted by molar-refractivity contribution is -0.139. The van der Waals surface area contributed by atoms with Crippen molar-refractivity contribution < 1.29 is 19.1 Å². The third-order valence-electron chi connectivity index (χ3n) is 5.97. The number of carbonyl (C=O) groups excluding carboxylic acids is 2. The average Bonchev–Trinajstić information content (AvgIpc) is 3.34. The van der Waals surface area contributed by atoms with Crippen LogP contribution in [0.3, 0.4) is 0 Å². The van der Waals surface area contributed by atoms with Gasteiger partial charge in [-0.1, -0.05) is 42.6 Å². The summed E-state index contributed by atoms with van der Waals surface area (Å²) in [5.74, 6) is 0.518. The van der Waals surface area contributed by atoms with Gasteiger partial charge in [0.05, 0.1) is 14.2 Å². The first kappa shape index (κ1) is 25.2. The van der Waals surface area contributed by atoms with E-state index in [9.17, 15) is 9.59 Å². The third kappa shape index (κ3) is 6.55. The van der Waals surface area contributed by atoms with Gasteiger partial charge in [-0.15, -0.1) is 11.6 Å². The Balaban J connectivity index is 1.87. The SMILES string of the molecule is COc1ccc(CCN(C(=O)CCl)C(C(=O)NC2CCCC2)c2ccc(Cl)cc2)cc1OC. The Kier molecular flexibility index (Phi) is 9.27. The molecule has 0 aliphatic heterocycles. The van der Waals surface area contributed by atoms with Gasteiger partial charge in [0.1, 0.15) is 11.9 Å². The number of benzene rings is 2. The first-order valence-corrected chi connectivity index (χ1v) is 12.0. The zero-order valence-corrected chi connectivity index (χ0v) is 20.5. The first-order chi connectivity index (χ1) is 16.0. The second-order valence-electron chi connectivity index (χ2n) is 8.10. The predicted octanol–water partition coefficient (Wildman–Crippen LogP) is 4.77. The van der Waals surface area contributed by atoms with E-state index >= 15 is 0 Å². The number of alkyl halides is 1. The Hall–Kier alpha value is -2.44. The fraction of sp³-hybridized carbons (Fsp3) is 0.440. The van der Waals surface area contributed by atoms with Gasteiger partial charge in [-0.25, -0.2) is 0 Å². The largest absolute Gasteiger partial charge is 0.493 e. The van der Waals surface area contributed by atoms with Crippen LogP contribution in [-0.2, 0) is 16.0 Å². The molecular weight excluding hydrogens is 463 g/mol. The van der Waals surface area contributed by atoms with E-state index < -0.39 is 6.04 Å². The average molecular weight is 493 g/mol. The van der Waals surface area contributed by atoms with Gasteiger partial charge < -0.3 is 19.7 Å². The third-order valence-corrected chi connectivity index (χ3v) is 6.45. The molecule has 0 heterocycles. The summed E-state index contributed by atoms with van der Waals surface area (Å²) in [5.41, 5.74) is 1.65. The summed E-state index contributed by atoms with van der Waals surface area (Å²) in [6.45, 7) is 0.312. The zero-order chi connectivity index (χ0) is 23.8. The number of halogens is 2. The molecule has 1 atom stereocenters. The number of carbonyl (C=O) groups is 2. The molecule has 2 aromatic carbocycles. The van der Waals surface area contributed by atoms with Crippen molar-refractivity contribution >= 4 is 35.0 Å². The number of nitrogens with one attached hydrogen (secondary N) is 1. The number of methoxy groups -OCH3 is 2. The van der Waals surface area contributed by atoms with Crippen LogP contribution in [0.1, 0.15) is 42.9 Å². The summed E-state index contributed by atoms with van der Waals surface area (Å²) in [4.78, 5) is 27.9. The fourth-order valence-electron chi connectivity index (χ4n) is 4.23. The Bertz CT molecular complexity index is 946. The minimum atomic E-state index is -0.797. The molecule has 1 fully saturated rings. The molecule has 1 saturated carbocycles. The number of amides is 2. The van der Waals surface area contributed by atoms with E-state index in [2.05, 4.69) is 5.32 Å². The molecular formula is C25H30Cl2N2O4. The van der Waals surface area contributed by atoms with Crippen molar-refractivity contribution in [1.82, 2.24) is 10.2 Å². The van der Waals surface area contributed by atoms with Crippen molar-refractivity contribution in [2.24, 2.45) is 0 Å². The number of ether oxygens (including phenoxy) is 2. The lowest BCUT2D eigenvalue weighted by Crippen LogP contribution is -2.47. The van der Waals surface area contributed by atoms with Gasteiger partial charge in [0.2, 0.25) is 11.8 Å². The molecule has 0 aromatic heterocycles. The van der Waals surface area contributed by atoms with Crippen molar-refractivity contribution in [2.45, 2.75) is 44.2 Å². The molecule has 2 aromatic rings. The van der Waals surface area contributed by atoms with Gasteiger partial charge >= 0.3 is 0 Å². The van der Waals surface area contributed by atoms with Crippen molar-refractivity contribution in [1.29, 1.82) is 0 Å². The van der Waals surface area contributed by atoms with E-state index in [4.69, 9.17) is 32.7 Å². The maximum Gasteiger partial charge on any atom is 0.247 e. The van der Waals surface area contributed by atoms with E-state index in [0.717, 1.165) is 31.2 Å². The van der Waals surface area contributed by atoms with Crippen LogP contribution in [0.15, 0.2) is 42.5 Å². The van der Waals surface area contributed by atoms with Gasteiger partial charge in [-0.3, -0.25) is 9.59 Å². The smallest absolute Gasteiger partial charge is 0.247 e. The maximum absolute atomic E-state index is 13.4. The van der Waals surface area contributed by atoms with Gasteiger partial charge in [0, 0.05) is 17.6 Å². The maximum atomic E-state index is 13.4. The molecule has 178 valence electrons. The molecule has 1 aliphatic rings.